The van der Waals surface area contributed by atoms with Crippen LogP contribution in [0.15, 0.2) is 24.3 Å². The molecular formula is C16H27N3O. The van der Waals surface area contributed by atoms with E-state index in [9.17, 15) is 4.79 Å². The van der Waals surface area contributed by atoms with Crippen molar-refractivity contribution in [2.24, 2.45) is 0 Å². The predicted octanol–water partition coefficient (Wildman–Crippen LogP) is 3.62. The van der Waals surface area contributed by atoms with Gasteiger partial charge in [0.2, 0.25) is 0 Å². The number of carbonyl (C=O) groups excluding carboxylic acids is 1. The van der Waals surface area contributed by atoms with Crippen molar-refractivity contribution < 1.29 is 4.79 Å². The zero-order chi connectivity index (χ0) is 15.0. The molecule has 1 aromatic carbocycles. The number of hydrogen-bond acceptors (Lipinski definition) is 2. The van der Waals surface area contributed by atoms with Crippen molar-refractivity contribution in [2.75, 3.05) is 25.5 Å². The number of hydrogen-bond donors (Lipinski definition) is 2. The highest BCUT2D eigenvalue weighted by Gasteiger charge is 2.08. The summed E-state index contributed by atoms with van der Waals surface area (Å²) in [7, 11) is 1.81. The molecule has 0 radical (unpaired) electrons. The maximum absolute atomic E-state index is 11.9. The smallest absolute Gasteiger partial charge is 0.321 e. The molecule has 0 spiro atoms. The monoisotopic (exact) mass is 277 g/mol. The lowest BCUT2D eigenvalue weighted by Gasteiger charge is -2.18. The first-order chi connectivity index (χ1) is 9.58. The van der Waals surface area contributed by atoms with E-state index in [1.807, 2.05) is 19.2 Å². The Morgan fingerprint density at radius 2 is 1.85 bits per heavy atom. The van der Waals surface area contributed by atoms with Crippen LogP contribution in [-0.4, -0.2) is 31.1 Å². The zero-order valence-corrected chi connectivity index (χ0v) is 13.1. The third-order valence-corrected chi connectivity index (χ3v) is 3.27. The van der Waals surface area contributed by atoms with E-state index in [1.165, 1.54) is 5.56 Å². The Bertz CT molecular complexity index is 403. The molecule has 0 heterocycles. The number of anilines is 1. The molecule has 0 saturated carbocycles. The van der Waals surface area contributed by atoms with Crippen LogP contribution >= 0.6 is 0 Å². The van der Waals surface area contributed by atoms with Crippen molar-refractivity contribution in [2.45, 2.75) is 39.7 Å². The van der Waals surface area contributed by atoms with Gasteiger partial charge in [-0.1, -0.05) is 26.0 Å². The van der Waals surface area contributed by atoms with E-state index in [0.29, 0.717) is 6.04 Å². The van der Waals surface area contributed by atoms with Crippen LogP contribution in [-0.2, 0) is 0 Å². The number of rotatable bonds is 7. The number of nitrogens with one attached hydrogen (secondary N) is 2. The van der Waals surface area contributed by atoms with Crippen molar-refractivity contribution in [3.8, 4) is 0 Å². The van der Waals surface area contributed by atoms with Crippen LogP contribution in [0, 0.1) is 0 Å². The molecule has 2 amide bonds. The molecule has 1 atom stereocenters. The Hall–Kier alpha value is -1.55. The van der Waals surface area contributed by atoms with E-state index in [-0.39, 0.29) is 6.03 Å². The average Bonchev–Trinajstić information content (AvgIpc) is 2.45. The zero-order valence-electron chi connectivity index (χ0n) is 13.1. The fourth-order valence-electron chi connectivity index (χ4n) is 1.99. The van der Waals surface area contributed by atoms with Crippen molar-refractivity contribution in [3.05, 3.63) is 29.8 Å². The second-order valence-corrected chi connectivity index (χ2v) is 5.15. The average molecular weight is 277 g/mol. The predicted molar refractivity (Wildman–Crippen MR) is 85.1 cm³/mol. The van der Waals surface area contributed by atoms with Gasteiger partial charge in [-0.3, -0.25) is 0 Å². The van der Waals surface area contributed by atoms with Gasteiger partial charge in [0.25, 0.3) is 0 Å². The Labute approximate surface area is 122 Å². The summed E-state index contributed by atoms with van der Waals surface area (Å²) in [5.41, 5.74) is 2.07. The van der Waals surface area contributed by atoms with Crippen LogP contribution in [0.25, 0.3) is 0 Å². The third-order valence-electron chi connectivity index (χ3n) is 3.27. The van der Waals surface area contributed by atoms with Crippen molar-refractivity contribution >= 4 is 11.7 Å². The van der Waals surface area contributed by atoms with Gasteiger partial charge < -0.3 is 15.5 Å². The summed E-state index contributed by atoms with van der Waals surface area (Å²) in [5, 5.41) is 6.35. The summed E-state index contributed by atoms with van der Waals surface area (Å²) in [6, 6.07) is 8.30. The molecule has 1 rings (SSSR count). The summed E-state index contributed by atoms with van der Waals surface area (Å²) in [6.07, 6.45) is 2.09. The minimum atomic E-state index is -0.0586. The Morgan fingerprint density at radius 3 is 2.40 bits per heavy atom. The second-order valence-electron chi connectivity index (χ2n) is 5.15. The quantitative estimate of drug-likeness (QED) is 0.799. The molecule has 4 heteroatoms. The van der Waals surface area contributed by atoms with Crippen molar-refractivity contribution in [1.29, 1.82) is 0 Å². The van der Waals surface area contributed by atoms with Gasteiger partial charge in [-0.05, 0) is 44.0 Å². The largest absolute Gasteiger partial charge is 0.328 e. The highest BCUT2D eigenvalue weighted by Crippen LogP contribution is 2.16. The minimum Gasteiger partial charge on any atom is -0.328 e. The first-order valence-electron chi connectivity index (χ1n) is 7.44. The minimum absolute atomic E-state index is 0.0586. The second kappa shape index (κ2) is 8.59. The van der Waals surface area contributed by atoms with Gasteiger partial charge in [-0.25, -0.2) is 4.79 Å². The molecular weight excluding hydrogens is 250 g/mol. The fourth-order valence-corrected chi connectivity index (χ4v) is 1.99. The first kappa shape index (κ1) is 16.5. The van der Waals surface area contributed by atoms with Gasteiger partial charge in [-0.15, -0.1) is 0 Å². The lowest BCUT2D eigenvalue weighted by atomic mass is 10.1. The Morgan fingerprint density at radius 1 is 1.20 bits per heavy atom. The fraction of sp³-hybridized carbons (Fsp3) is 0.562. The highest BCUT2D eigenvalue weighted by molar-refractivity contribution is 5.89. The van der Waals surface area contributed by atoms with Crippen molar-refractivity contribution in [1.82, 2.24) is 10.2 Å². The molecule has 0 aliphatic heterocycles. The summed E-state index contributed by atoms with van der Waals surface area (Å²) < 4.78 is 0. The Balaban J connectivity index is 2.56. The third kappa shape index (κ3) is 5.21. The van der Waals surface area contributed by atoms with Crippen LogP contribution in [0.5, 0.6) is 0 Å². The van der Waals surface area contributed by atoms with Crippen LogP contribution in [0.2, 0.25) is 0 Å². The van der Waals surface area contributed by atoms with E-state index in [4.69, 9.17) is 0 Å². The molecule has 112 valence electrons. The van der Waals surface area contributed by atoms with Crippen LogP contribution in [0.4, 0.5) is 10.5 Å². The molecule has 20 heavy (non-hydrogen) atoms. The lowest BCUT2D eigenvalue weighted by Crippen LogP contribution is -2.31. The van der Waals surface area contributed by atoms with E-state index < -0.39 is 0 Å². The van der Waals surface area contributed by atoms with E-state index in [2.05, 4.69) is 43.5 Å². The number of benzene rings is 1. The topological polar surface area (TPSA) is 44.4 Å². The highest BCUT2D eigenvalue weighted by atomic mass is 16.2. The number of nitrogens with zero attached hydrogens (tertiary/aromatic N) is 1. The van der Waals surface area contributed by atoms with Gasteiger partial charge >= 0.3 is 6.03 Å². The molecule has 4 nitrogen and oxygen atoms in total. The van der Waals surface area contributed by atoms with Gasteiger partial charge in [0.1, 0.15) is 0 Å². The molecule has 0 fully saturated rings. The van der Waals surface area contributed by atoms with Gasteiger partial charge in [0.05, 0.1) is 0 Å². The first-order valence-corrected chi connectivity index (χ1v) is 7.44. The maximum atomic E-state index is 11.9. The SMILES string of the molecule is CCCNC(C)c1ccc(NC(=O)N(C)CCC)cc1. The summed E-state index contributed by atoms with van der Waals surface area (Å²) >= 11 is 0. The van der Waals surface area contributed by atoms with Gasteiger partial charge in [0, 0.05) is 25.3 Å². The molecule has 1 unspecified atom stereocenters. The number of carbonyl (C=O) groups is 1. The molecule has 0 aliphatic rings. The van der Waals surface area contributed by atoms with Crippen molar-refractivity contribution in [3.63, 3.8) is 0 Å². The molecule has 0 aromatic heterocycles. The molecule has 2 N–H and O–H groups in total. The number of amides is 2. The van der Waals surface area contributed by atoms with Crippen LogP contribution < -0.4 is 10.6 Å². The van der Waals surface area contributed by atoms with E-state index in [0.717, 1.165) is 31.6 Å². The Kier molecular flexibility index (Phi) is 7.09. The maximum Gasteiger partial charge on any atom is 0.321 e. The van der Waals surface area contributed by atoms with E-state index >= 15 is 0 Å². The lowest BCUT2D eigenvalue weighted by molar-refractivity contribution is 0.222. The normalized spacial score (nSPS) is 12.0. The standard InChI is InChI=1S/C16H27N3O/c1-5-11-17-13(3)14-7-9-15(10-8-14)18-16(20)19(4)12-6-2/h7-10,13,17H,5-6,11-12H2,1-4H3,(H,18,20). The van der Waals surface area contributed by atoms with E-state index in [1.54, 1.807) is 4.90 Å². The summed E-state index contributed by atoms with van der Waals surface area (Å²) in [5.74, 6) is 0. The van der Waals surface area contributed by atoms with Gasteiger partial charge in [-0.2, -0.15) is 0 Å². The molecule has 0 aliphatic carbocycles. The molecule has 1 aromatic rings. The van der Waals surface area contributed by atoms with Crippen LogP contribution in [0.3, 0.4) is 0 Å². The number of urea groups is 1. The molecule has 0 saturated heterocycles. The molecule has 0 bridgehead atoms. The van der Waals surface area contributed by atoms with Crippen LogP contribution in [0.1, 0.15) is 45.2 Å². The summed E-state index contributed by atoms with van der Waals surface area (Å²) in [6.45, 7) is 8.15. The summed E-state index contributed by atoms with van der Waals surface area (Å²) in [4.78, 5) is 13.6. The van der Waals surface area contributed by atoms with Gasteiger partial charge in [0.15, 0.2) is 0 Å².